The molecule has 0 aliphatic heterocycles. The third-order valence-corrected chi connectivity index (χ3v) is 5.44. The second-order valence-electron chi connectivity index (χ2n) is 7.88. The van der Waals surface area contributed by atoms with Crippen LogP contribution in [0.2, 0.25) is 0 Å². The van der Waals surface area contributed by atoms with E-state index >= 15 is 0 Å². The number of hydrazone groups is 1. The number of aryl methyl sites for hydroxylation is 3. The summed E-state index contributed by atoms with van der Waals surface area (Å²) in [6.45, 7) is 10.3. The number of amides is 1. The van der Waals surface area contributed by atoms with Crippen molar-refractivity contribution in [3.05, 3.63) is 82.2 Å². The maximum Gasteiger partial charge on any atom is 0.338 e. The van der Waals surface area contributed by atoms with Crippen LogP contribution in [0.5, 0.6) is 0 Å². The van der Waals surface area contributed by atoms with Crippen molar-refractivity contribution < 1.29 is 14.3 Å². The number of rotatable bonds is 8. The molecule has 3 aromatic rings. The number of nitrogens with zero attached hydrogens (tertiary/aromatic N) is 2. The summed E-state index contributed by atoms with van der Waals surface area (Å²) < 4.78 is 7.14. The highest BCUT2D eigenvalue weighted by Crippen LogP contribution is 2.21. The normalized spacial score (nSPS) is 10.9. The fourth-order valence-electron chi connectivity index (χ4n) is 3.55. The highest BCUT2D eigenvalue weighted by Gasteiger charge is 2.12. The van der Waals surface area contributed by atoms with Crippen LogP contribution in [-0.2, 0) is 9.53 Å². The number of aromatic nitrogens is 1. The van der Waals surface area contributed by atoms with Crippen molar-refractivity contribution in [1.29, 1.82) is 0 Å². The molecule has 1 aromatic heterocycles. The maximum atomic E-state index is 12.2. The van der Waals surface area contributed by atoms with Crippen molar-refractivity contribution in [3.63, 3.8) is 0 Å². The summed E-state index contributed by atoms with van der Waals surface area (Å²) in [6, 6.07) is 15.3. The molecule has 0 fully saturated rings. The first kappa shape index (κ1) is 23.8. The van der Waals surface area contributed by atoms with Gasteiger partial charge in [0.15, 0.2) is 0 Å². The Morgan fingerprint density at radius 1 is 1.03 bits per heavy atom. The number of benzene rings is 2. The Kier molecular flexibility index (Phi) is 7.66. The molecule has 0 spiro atoms. The van der Waals surface area contributed by atoms with E-state index in [1.165, 1.54) is 11.1 Å². The number of esters is 1. The quantitative estimate of drug-likeness (QED) is 0.304. The second kappa shape index (κ2) is 10.6. The second-order valence-corrected chi connectivity index (χ2v) is 7.88. The van der Waals surface area contributed by atoms with Crippen molar-refractivity contribution in [3.8, 4) is 5.69 Å². The molecular weight excluding hydrogens is 416 g/mol. The summed E-state index contributed by atoms with van der Waals surface area (Å²) in [7, 11) is 0. The number of hydrogen-bond donors (Lipinski definition) is 2. The van der Waals surface area contributed by atoms with Crippen molar-refractivity contribution in [2.24, 2.45) is 5.10 Å². The lowest BCUT2D eigenvalue weighted by Crippen LogP contribution is -2.25. The van der Waals surface area contributed by atoms with Crippen LogP contribution < -0.4 is 10.7 Å². The van der Waals surface area contributed by atoms with Crippen LogP contribution >= 0.6 is 0 Å². The molecule has 7 nitrogen and oxygen atoms in total. The van der Waals surface area contributed by atoms with E-state index in [-0.39, 0.29) is 18.4 Å². The van der Waals surface area contributed by atoms with Crippen molar-refractivity contribution in [2.75, 3.05) is 18.5 Å². The molecule has 2 N–H and O–H groups in total. The molecule has 1 heterocycles. The Bertz CT molecular complexity index is 1190. The Labute approximate surface area is 194 Å². The number of anilines is 1. The van der Waals surface area contributed by atoms with Gasteiger partial charge in [-0.15, -0.1) is 0 Å². The minimum Gasteiger partial charge on any atom is -0.462 e. The largest absolute Gasteiger partial charge is 0.462 e. The number of ether oxygens (including phenoxy) is 1. The minimum atomic E-state index is -0.347. The lowest BCUT2D eigenvalue weighted by atomic mass is 10.1. The molecular formula is C26H30N4O3. The smallest absolute Gasteiger partial charge is 0.338 e. The van der Waals surface area contributed by atoms with E-state index in [4.69, 9.17) is 4.74 Å². The molecule has 0 radical (unpaired) electrons. The summed E-state index contributed by atoms with van der Waals surface area (Å²) in [4.78, 5) is 24.2. The van der Waals surface area contributed by atoms with Gasteiger partial charge in [-0.3, -0.25) is 4.79 Å². The van der Waals surface area contributed by atoms with E-state index in [0.717, 1.165) is 28.3 Å². The highest BCUT2D eigenvalue weighted by atomic mass is 16.5. The zero-order chi connectivity index (χ0) is 24.0. The molecule has 0 saturated heterocycles. The topological polar surface area (TPSA) is 84.7 Å². The monoisotopic (exact) mass is 446 g/mol. The molecule has 0 atom stereocenters. The average Bonchev–Trinajstić information content (AvgIpc) is 3.07. The predicted molar refractivity (Wildman–Crippen MR) is 131 cm³/mol. The summed E-state index contributed by atoms with van der Waals surface area (Å²) in [6.07, 6.45) is 1.63. The van der Waals surface area contributed by atoms with Crippen molar-refractivity contribution in [1.82, 2.24) is 9.99 Å². The van der Waals surface area contributed by atoms with Crippen molar-refractivity contribution >= 4 is 23.8 Å². The molecule has 0 bridgehead atoms. The summed E-state index contributed by atoms with van der Waals surface area (Å²) in [5, 5.41) is 7.22. The minimum absolute atomic E-state index is 0.125. The van der Waals surface area contributed by atoms with E-state index in [1.807, 2.05) is 61.7 Å². The molecule has 0 aliphatic carbocycles. The van der Waals surface area contributed by atoms with Crippen molar-refractivity contribution in [2.45, 2.75) is 34.6 Å². The molecule has 0 aliphatic rings. The Hall–Kier alpha value is -3.87. The van der Waals surface area contributed by atoms with Crippen LogP contribution in [0.1, 0.15) is 45.4 Å². The fraction of sp³-hybridized carbons (Fsp3) is 0.269. The molecule has 3 rings (SSSR count). The van der Waals surface area contributed by atoms with Gasteiger partial charge < -0.3 is 14.6 Å². The highest BCUT2D eigenvalue weighted by molar-refractivity contribution is 5.90. The van der Waals surface area contributed by atoms with Gasteiger partial charge in [-0.25, -0.2) is 10.2 Å². The van der Waals surface area contributed by atoms with Crippen LogP contribution in [0.4, 0.5) is 5.69 Å². The van der Waals surface area contributed by atoms with Gasteiger partial charge in [-0.1, -0.05) is 12.1 Å². The molecule has 172 valence electrons. The van der Waals surface area contributed by atoms with E-state index in [9.17, 15) is 9.59 Å². The molecule has 0 unspecified atom stereocenters. The number of nitrogens with one attached hydrogen (secondary N) is 2. The van der Waals surface area contributed by atoms with Gasteiger partial charge in [-0.05, 0) is 82.1 Å². The zero-order valence-corrected chi connectivity index (χ0v) is 19.7. The van der Waals surface area contributed by atoms with Crippen LogP contribution in [0, 0.1) is 27.7 Å². The molecule has 33 heavy (non-hydrogen) atoms. The predicted octanol–water partition coefficient (Wildman–Crippen LogP) is 4.45. The van der Waals surface area contributed by atoms with Crippen LogP contribution in [0.15, 0.2) is 53.6 Å². The Balaban J connectivity index is 1.66. The third-order valence-electron chi connectivity index (χ3n) is 5.44. The lowest BCUT2D eigenvalue weighted by molar-refractivity contribution is -0.119. The summed E-state index contributed by atoms with van der Waals surface area (Å²) >= 11 is 0. The van der Waals surface area contributed by atoms with Gasteiger partial charge in [0.2, 0.25) is 0 Å². The van der Waals surface area contributed by atoms with Gasteiger partial charge in [-0.2, -0.15) is 5.10 Å². The summed E-state index contributed by atoms with van der Waals surface area (Å²) in [5.74, 6) is -0.582. The summed E-state index contributed by atoms with van der Waals surface area (Å²) in [5.41, 5.74) is 9.99. The fourth-order valence-corrected chi connectivity index (χ4v) is 3.55. The van der Waals surface area contributed by atoms with Crippen LogP contribution in [-0.4, -0.2) is 35.8 Å². The van der Waals surface area contributed by atoms with Gasteiger partial charge in [0.1, 0.15) is 0 Å². The third kappa shape index (κ3) is 5.88. The van der Waals surface area contributed by atoms with Gasteiger partial charge in [0.05, 0.1) is 24.9 Å². The van der Waals surface area contributed by atoms with E-state index in [0.29, 0.717) is 12.2 Å². The number of carbonyl (C=O) groups excluding carboxylic acids is 2. The molecule has 2 aromatic carbocycles. The Morgan fingerprint density at radius 3 is 2.55 bits per heavy atom. The zero-order valence-electron chi connectivity index (χ0n) is 19.7. The van der Waals surface area contributed by atoms with E-state index in [1.54, 1.807) is 25.3 Å². The molecule has 0 saturated carbocycles. The SMILES string of the molecule is CCOC(=O)c1cccc(-n2c(C)cc(/C=N\NC(=O)CNc3ccc(C)c(C)c3)c2C)c1. The van der Waals surface area contributed by atoms with Crippen LogP contribution in [0.25, 0.3) is 5.69 Å². The first-order valence-corrected chi connectivity index (χ1v) is 10.9. The van der Waals surface area contributed by atoms with Gasteiger partial charge >= 0.3 is 5.97 Å². The standard InChI is InChI=1S/C26H30N4O3/c1-6-33-26(32)21-8-7-9-24(14-21)30-19(4)13-22(20(30)5)15-28-29-25(31)16-27-23-11-10-17(2)18(3)12-23/h7-15,27H,6,16H2,1-5H3,(H,29,31)/b28-15-. The molecule has 7 heteroatoms. The molecule has 1 amide bonds. The van der Waals surface area contributed by atoms with E-state index < -0.39 is 0 Å². The average molecular weight is 447 g/mol. The first-order valence-electron chi connectivity index (χ1n) is 10.9. The first-order chi connectivity index (χ1) is 15.8. The van der Waals surface area contributed by atoms with Gasteiger partial charge in [0, 0.05) is 28.3 Å². The number of carbonyl (C=O) groups is 2. The van der Waals surface area contributed by atoms with Gasteiger partial charge in [0.25, 0.3) is 5.91 Å². The van der Waals surface area contributed by atoms with Crippen LogP contribution in [0.3, 0.4) is 0 Å². The number of hydrogen-bond acceptors (Lipinski definition) is 5. The van der Waals surface area contributed by atoms with E-state index in [2.05, 4.69) is 22.8 Å². The maximum absolute atomic E-state index is 12.2. The lowest BCUT2D eigenvalue weighted by Gasteiger charge is -2.11. The Morgan fingerprint density at radius 2 is 1.82 bits per heavy atom.